The molecule has 1 aliphatic rings. The van der Waals surface area contributed by atoms with E-state index >= 15 is 0 Å². The molecule has 1 heterocycles. The summed E-state index contributed by atoms with van der Waals surface area (Å²) in [6, 6.07) is 4.79. The topological polar surface area (TPSA) is 12.5 Å². The molecule has 20 heavy (non-hydrogen) atoms. The lowest BCUT2D eigenvalue weighted by molar-refractivity contribution is 0.358. The fourth-order valence-corrected chi connectivity index (χ4v) is 2.34. The fourth-order valence-electron chi connectivity index (χ4n) is 1.94. The summed E-state index contributed by atoms with van der Waals surface area (Å²) in [7, 11) is 1.84. The molecule has 1 aromatic rings. The van der Waals surface area contributed by atoms with Crippen LogP contribution in [0.1, 0.15) is 5.56 Å². The molecule has 1 aromatic carbocycles. The standard InChI is InChI=1S/C16H15BrFNO/c1-4-10-20-15-7-5-6-13(18)16(15)14-9-8-12(17)11(2)19(14)3/h4-9H,1-2,10H2,3H3. The molecule has 0 saturated heterocycles. The summed E-state index contributed by atoms with van der Waals surface area (Å²) < 4.78 is 20.6. The van der Waals surface area contributed by atoms with E-state index in [0.29, 0.717) is 23.6 Å². The van der Waals surface area contributed by atoms with Gasteiger partial charge in [-0.1, -0.05) is 25.3 Å². The molecule has 0 atom stereocenters. The maximum Gasteiger partial charge on any atom is 0.136 e. The Morgan fingerprint density at radius 3 is 2.85 bits per heavy atom. The number of ether oxygens (including phenoxy) is 1. The van der Waals surface area contributed by atoms with Gasteiger partial charge in [-0.15, -0.1) is 0 Å². The molecule has 2 rings (SSSR count). The van der Waals surface area contributed by atoms with Crippen molar-refractivity contribution < 1.29 is 9.13 Å². The van der Waals surface area contributed by atoms with Crippen molar-refractivity contribution in [1.82, 2.24) is 4.90 Å². The monoisotopic (exact) mass is 335 g/mol. The lowest BCUT2D eigenvalue weighted by Gasteiger charge is -2.28. The summed E-state index contributed by atoms with van der Waals surface area (Å²) in [6.45, 7) is 7.89. The smallest absolute Gasteiger partial charge is 0.136 e. The van der Waals surface area contributed by atoms with Crippen LogP contribution in [-0.4, -0.2) is 18.6 Å². The Balaban J connectivity index is 2.51. The molecule has 104 valence electrons. The van der Waals surface area contributed by atoms with Gasteiger partial charge in [0.05, 0.1) is 11.3 Å². The Kier molecular flexibility index (Phi) is 4.45. The normalized spacial score (nSPS) is 14.8. The number of allylic oxidation sites excluding steroid dienone is 3. The third kappa shape index (κ3) is 2.70. The lowest BCUT2D eigenvalue weighted by atomic mass is 10.1. The van der Waals surface area contributed by atoms with Gasteiger partial charge in [0.1, 0.15) is 18.2 Å². The molecular formula is C16H15BrFNO. The number of benzene rings is 1. The van der Waals surface area contributed by atoms with Gasteiger partial charge in [0.15, 0.2) is 0 Å². The van der Waals surface area contributed by atoms with Crippen LogP contribution < -0.4 is 4.74 Å². The summed E-state index contributed by atoms with van der Waals surface area (Å²) in [5.41, 5.74) is 1.89. The number of hydrogen-bond donors (Lipinski definition) is 0. The Morgan fingerprint density at radius 2 is 2.15 bits per heavy atom. The fraction of sp³-hybridized carbons (Fsp3) is 0.125. The predicted octanol–water partition coefficient (Wildman–Crippen LogP) is 4.47. The van der Waals surface area contributed by atoms with Crippen LogP contribution in [0.5, 0.6) is 5.75 Å². The second-order valence-corrected chi connectivity index (χ2v) is 5.14. The van der Waals surface area contributed by atoms with E-state index in [-0.39, 0.29) is 5.82 Å². The lowest BCUT2D eigenvalue weighted by Crippen LogP contribution is -2.19. The van der Waals surface area contributed by atoms with E-state index in [1.54, 1.807) is 18.2 Å². The number of rotatable bonds is 4. The van der Waals surface area contributed by atoms with E-state index in [1.807, 2.05) is 24.1 Å². The summed E-state index contributed by atoms with van der Waals surface area (Å²) in [5, 5.41) is 0. The van der Waals surface area contributed by atoms with E-state index in [0.717, 1.165) is 10.2 Å². The molecule has 2 nitrogen and oxygen atoms in total. The largest absolute Gasteiger partial charge is 0.489 e. The maximum absolute atomic E-state index is 14.2. The number of likely N-dealkylation sites (N-methyl/N-ethyl adjacent to an activating group) is 1. The summed E-state index contributed by atoms with van der Waals surface area (Å²) in [5.74, 6) is 0.158. The zero-order chi connectivity index (χ0) is 14.7. The number of hydrogen-bond acceptors (Lipinski definition) is 2. The van der Waals surface area contributed by atoms with Crippen molar-refractivity contribution in [3.63, 3.8) is 0 Å². The Labute approximate surface area is 126 Å². The van der Waals surface area contributed by atoms with Crippen LogP contribution in [0.2, 0.25) is 0 Å². The first-order valence-electron chi connectivity index (χ1n) is 6.09. The van der Waals surface area contributed by atoms with E-state index in [9.17, 15) is 4.39 Å². The molecule has 0 radical (unpaired) electrons. The summed E-state index contributed by atoms with van der Waals surface area (Å²) in [6.07, 6.45) is 5.31. The maximum atomic E-state index is 14.2. The highest BCUT2D eigenvalue weighted by Gasteiger charge is 2.22. The first-order valence-corrected chi connectivity index (χ1v) is 6.88. The van der Waals surface area contributed by atoms with Crippen LogP contribution in [0.4, 0.5) is 4.39 Å². The van der Waals surface area contributed by atoms with E-state index in [4.69, 9.17) is 4.74 Å². The molecule has 1 aliphatic heterocycles. The Morgan fingerprint density at radius 1 is 1.40 bits per heavy atom. The third-order valence-electron chi connectivity index (χ3n) is 3.02. The van der Waals surface area contributed by atoms with Gasteiger partial charge < -0.3 is 9.64 Å². The van der Waals surface area contributed by atoms with Gasteiger partial charge in [0.2, 0.25) is 0 Å². The Bertz CT molecular complexity index is 619. The molecule has 0 N–H and O–H groups in total. The minimum atomic E-state index is -0.330. The molecule has 0 unspecified atom stereocenters. The first-order chi connectivity index (χ1) is 9.56. The van der Waals surface area contributed by atoms with Crippen LogP contribution in [0, 0.1) is 5.82 Å². The summed E-state index contributed by atoms with van der Waals surface area (Å²) in [4.78, 5) is 1.82. The minimum absolute atomic E-state index is 0.327. The highest BCUT2D eigenvalue weighted by Crippen LogP contribution is 2.37. The number of nitrogens with zero attached hydrogens (tertiary/aromatic N) is 1. The zero-order valence-corrected chi connectivity index (χ0v) is 12.8. The highest BCUT2D eigenvalue weighted by atomic mass is 79.9. The van der Waals surface area contributed by atoms with Gasteiger partial charge in [-0.25, -0.2) is 4.39 Å². The van der Waals surface area contributed by atoms with Crippen molar-refractivity contribution in [2.24, 2.45) is 0 Å². The van der Waals surface area contributed by atoms with Gasteiger partial charge in [-0.3, -0.25) is 0 Å². The predicted molar refractivity (Wildman–Crippen MR) is 84.0 cm³/mol. The zero-order valence-electron chi connectivity index (χ0n) is 11.2. The van der Waals surface area contributed by atoms with Crippen LogP contribution in [0.3, 0.4) is 0 Å². The molecule has 0 bridgehead atoms. The van der Waals surface area contributed by atoms with E-state index < -0.39 is 0 Å². The van der Waals surface area contributed by atoms with Gasteiger partial charge in [-0.2, -0.15) is 0 Å². The first kappa shape index (κ1) is 14.6. The molecule has 0 amide bonds. The van der Waals surface area contributed by atoms with E-state index in [1.165, 1.54) is 6.07 Å². The SMILES string of the molecule is C=CCOc1cccc(F)c1C1=CC=C(Br)C(=C)N1C. The van der Waals surface area contributed by atoms with Gasteiger partial charge in [-0.05, 0) is 40.2 Å². The van der Waals surface area contributed by atoms with Crippen molar-refractivity contribution in [3.05, 3.63) is 71.1 Å². The van der Waals surface area contributed by atoms with Gasteiger partial charge >= 0.3 is 0 Å². The second kappa shape index (κ2) is 6.09. The Hall–Kier alpha value is -1.81. The molecule has 0 spiro atoms. The van der Waals surface area contributed by atoms with Crippen molar-refractivity contribution in [1.29, 1.82) is 0 Å². The quantitative estimate of drug-likeness (QED) is 0.752. The van der Waals surface area contributed by atoms with Crippen molar-refractivity contribution in [2.75, 3.05) is 13.7 Å². The number of halogens is 2. The van der Waals surface area contributed by atoms with Crippen molar-refractivity contribution in [3.8, 4) is 5.75 Å². The second-order valence-electron chi connectivity index (χ2n) is 4.28. The van der Waals surface area contributed by atoms with Crippen molar-refractivity contribution >= 4 is 21.6 Å². The van der Waals surface area contributed by atoms with Crippen molar-refractivity contribution in [2.45, 2.75) is 0 Å². The van der Waals surface area contributed by atoms with Crippen LogP contribution in [0.25, 0.3) is 5.70 Å². The average molecular weight is 336 g/mol. The van der Waals surface area contributed by atoms with Crippen LogP contribution in [0.15, 0.2) is 59.8 Å². The van der Waals surface area contributed by atoms with Crippen LogP contribution >= 0.6 is 15.9 Å². The highest BCUT2D eigenvalue weighted by molar-refractivity contribution is 9.12. The minimum Gasteiger partial charge on any atom is -0.489 e. The van der Waals surface area contributed by atoms with E-state index in [2.05, 4.69) is 29.1 Å². The average Bonchev–Trinajstić information content (AvgIpc) is 2.44. The molecule has 0 aliphatic carbocycles. The molecule has 0 saturated carbocycles. The molecule has 4 heteroatoms. The third-order valence-corrected chi connectivity index (χ3v) is 3.74. The molecular weight excluding hydrogens is 321 g/mol. The van der Waals surface area contributed by atoms with Gasteiger partial charge in [0, 0.05) is 17.2 Å². The van der Waals surface area contributed by atoms with Crippen LogP contribution in [-0.2, 0) is 0 Å². The molecule has 0 fully saturated rings. The molecule has 0 aromatic heterocycles. The summed E-state index contributed by atoms with van der Waals surface area (Å²) >= 11 is 3.41. The van der Waals surface area contributed by atoms with Gasteiger partial charge in [0.25, 0.3) is 0 Å².